The van der Waals surface area contributed by atoms with Gasteiger partial charge >= 0.3 is 5.97 Å². The predicted molar refractivity (Wildman–Crippen MR) is 65.3 cm³/mol. The number of methoxy groups -OCH3 is 1. The average Bonchev–Trinajstić information content (AvgIpc) is 2.89. The van der Waals surface area contributed by atoms with Crippen molar-refractivity contribution in [3.63, 3.8) is 0 Å². The maximum Gasteiger partial charge on any atom is 0.322 e. The molecule has 0 radical (unpaired) electrons. The van der Waals surface area contributed by atoms with E-state index < -0.39 is 22.0 Å². The lowest BCUT2D eigenvalue weighted by Gasteiger charge is -2.20. The summed E-state index contributed by atoms with van der Waals surface area (Å²) in [6, 6.07) is 1.80. The summed E-state index contributed by atoms with van der Waals surface area (Å²) >= 11 is 0. The van der Waals surface area contributed by atoms with E-state index >= 15 is 0 Å². The molecular formula is C11H14N2O5S. The number of pyridine rings is 1. The third kappa shape index (κ3) is 2.54. The number of ether oxygens (including phenoxy) is 1. The van der Waals surface area contributed by atoms with Crippen molar-refractivity contribution in [1.29, 1.82) is 0 Å². The second-order valence-corrected chi connectivity index (χ2v) is 6.04. The number of hydrogen-bond donors (Lipinski definition) is 1. The smallest absolute Gasteiger partial charge is 0.322 e. The Bertz CT molecular complexity index is 569. The van der Waals surface area contributed by atoms with E-state index in [0.29, 0.717) is 18.7 Å². The highest BCUT2D eigenvalue weighted by atomic mass is 32.2. The van der Waals surface area contributed by atoms with Crippen molar-refractivity contribution in [2.75, 3.05) is 13.7 Å². The fourth-order valence-electron chi connectivity index (χ4n) is 2.05. The van der Waals surface area contributed by atoms with Crippen molar-refractivity contribution in [3.8, 4) is 5.88 Å². The van der Waals surface area contributed by atoms with Crippen LogP contribution in [0.15, 0.2) is 23.2 Å². The Hall–Kier alpha value is -1.67. The van der Waals surface area contributed by atoms with Gasteiger partial charge in [0, 0.05) is 12.6 Å². The molecule has 0 bridgehead atoms. The van der Waals surface area contributed by atoms with Crippen molar-refractivity contribution in [2.24, 2.45) is 0 Å². The van der Waals surface area contributed by atoms with Crippen molar-refractivity contribution >= 4 is 16.0 Å². The van der Waals surface area contributed by atoms with Crippen LogP contribution >= 0.6 is 0 Å². The van der Waals surface area contributed by atoms with Gasteiger partial charge in [0.05, 0.1) is 13.3 Å². The topological polar surface area (TPSA) is 96.8 Å². The molecule has 1 saturated heterocycles. The molecule has 1 aliphatic rings. The molecule has 2 rings (SSSR count). The van der Waals surface area contributed by atoms with E-state index in [-0.39, 0.29) is 11.4 Å². The Balaban J connectivity index is 2.33. The molecule has 1 atom stereocenters. The van der Waals surface area contributed by atoms with Gasteiger partial charge in [0.15, 0.2) is 0 Å². The average molecular weight is 286 g/mol. The highest BCUT2D eigenvalue weighted by Gasteiger charge is 2.39. The first-order valence-corrected chi connectivity index (χ1v) is 7.15. The Kier molecular flexibility index (Phi) is 3.72. The van der Waals surface area contributed by atoms with Crippen LogP contribution in [0, 0.1) is 0 Å². The summed E-state index contributed by atoms with van der Waals surface area (Å²) in [7, 11) is -2.40. The maximum atomic E-state index is 12.3. The number of aliphatic carboxylic acids is 1. The molecule has 0 unspecified atom stereocenters. The molecule has 8 heteroatoms. The molecule has 104 valence electrons. The van der Waals surface area contributed by atoms with Crippen LogP contribution in [0.5, 0.6) is 5.88 Å². The summed E-state index contributed by atoms with van der Waals surface area (Å²) in [5, 5.41) is 9.03. The largest absolute Gasteiger partial charge is 0.481 e. The van der Waals surface area contributed by atoms with Crippen LogP contribution in [0.4, 0.5) is 0 Å². The highest BCUT2D eigenvalue weighted by Crippen LogP contribution is 2.26. The number of rotatable bonds is 4. The first-order valence-electron chi connectivity index (χ1n) is 5.71. The van der Waals surface area contributed by atoms with Gasteiger partial charge in [0.1, 0.15) is 10.9 Å². The number of sulfonamides is 1. The lowest BCUT2D eigenvalue weighted by atomic mass is 10.2. The number of hydrogen-bond acceptors (Lipinski definition) is 5. The van der Waals surface area contributed by atoms with Crippen LogP contribution in [-0.4, -0.2) is 48.5 Å². The number of nitrogens with zero attached hydrogens (tertiary/aromatic N) is 2. The van der Waals surface area contributed by atoms with Gasteiger partial charge in [-0.05, 0) is 18.9 Å². The van der Waals surface area contributed by atoms with Crippen molar-refractivity contribution in [1.82, 2.24) is 9.29 Å². The third-order valence-electron chi connectivity index (χ3n) is 3.01. The third-order valence-corrected chi connectivity index (χ3v) is 4.91. The lowest BCUT2D eigenvalue weighted by molar-refractivity contribution is -0.140. The van der Waals surface area contributed by atoms with Gasteiger partial charge in [-0.2, -0.15) is 4.31 Å². The molecule has 2 heterocycles. The zero-order chi connectivity index (χ0) is 14.0. The fraction of sp³-hybridized carbons (Fsp3) is 0.455. The quantitative estimate of drug-likeness (QED) is 0.856. The standard InChI is InChI=1S/C11H14N2O5S/c1-18-10-5-4-8(7-12-10)19(16,17)13-6-2-3-9(13)11(14)15/h4-5,7,9H,2-3,6H2,1H3,(H,14,15)/t9-/m1/s1. The van der Waals surface area contributed by atoms with Gasteiger partial charge in [-0.25, -0.2) is 13.4 Å². The van der Waals surface area contributed by atoms with Crippen LogP contribution in [0.25, 0.3) is 0 Å². The molecule has 0 spiro atoms. The molecule has 0 aliphatic carbocycles. The SMILES string of the molecule is COc1ccc(S(=O)(=O)N2CCC[C@@H]2C(=O)O)cn1. The van der Waals surface area contributed by atoms with E-state index in [4.69, 9.17) is 9.84 Å². The summed E-state index contributed by atoms with van der Waals surface area (Å²) in [5.74, 6) is -0.822. The highest BCUT2D eigenvalue weighted by molar-refractivity contribution is 7.89. The van der Waals surface area contributed by atoms with Gasteiger partial charge in [0.2, 0.25) is 15.9 Å². The molecule has 0 aromatic carbocycles. The summed E-state index contributed by atoms with van der Waals surface area (Å²) in [5.41, 5.74) is 0. The molecule has 0 amide bonds. The minimum absolute atomic E-state index is 0.0264. The zero-order valence-electron chi connectivity index (χ0n) is 10.3. The molecule has 1 aromatic rings. The summed E-state index contributed by atoms with van der Waals surface area (Å²) in [6.45, 7) is 0.214. The molecule has 0 saturated carbocycles. The van der Waals surface area contributed by atoms with Crippen LogP contribution in [-0.2, 0) is 14.8 Å². The fourth-order valence-corrected chi connectivity index (χ4v) is 3.65. The van der Waals surface area contributed by atoms with Gasteiger partial charge in [0.25, 0.3) is 0 Å². The summed E-state index contributed by atoms with van der Waals surface area (Å²) in [4.78, 5) is 14.9. The van der Waals surface area contributed by atoms with Gasteiger partial charge in [-0.3, -0.25) is 4.79 Å². The van der Waals surface area contributed by atoms with E-state index in [0.717, 1.165) is 4.31 Å². The number of carboxylic acids is 1. The molecular weight excluding hydrogens is 272 g/mol. The Morgan fingerprint density at radius 2 is 2.26 bits per heavy atom. The molecule has 1 aliphatic heterocycles. The summed E-state index contributed by atoms with van der Waals surface area (Å²) < 4.78 is 30.5. The van der Waals surface area contributed by atoms with E-state index in [1.54, 1.807) is 0 Å². The Morgan fingerprint density at radius 3 is 2.79 bits per heavy atom. The van der Waals surface area contributed by atoms with E-state index in [1.807, 2.05) is 0 Å². The minimum Gasteiger partial charge on any atom is -0.481 e. The van der Waals surface area contributed by atoms with E-state index in [1.165, 1.54) is 25.4 Å². The van der Waals surface area contributed by atoms with Crippen molar-refractivity contribution in [3.05, 3.63) is 18.3 Å². The molecule has 1 fully saturated rings. The van der Waals surface area contributed by atoms with Crippen LogP contribution in [0.2, 0.25) is 0 Å². The minimum atomic E-state index is -3.82. The van der Waals surface area contributed by atoms with Crippen LogP contribution in [0.3, 0.4) is 0 Å². The second-order valence-electron chi connectivity index (χ2n) is 4.15. The number of carboxylic acid groups (broad SMARTS) is 1. The molecule has 1 N–H and O–H groups in total. The Morgan fingerprint density at radius 1 is 1.53 bits per heavy atom. The van der Waals surface area contributed by atoms with Gasteiger partial charge in [-0.1, -0.05) is 0 Å². The first-order chi connectivity index (χ1) is 8.96. The van der Waals surface area contributed by atoms with Crippen molar-refractivity contribution in [2.45, 2.75) is 23.8 Å². The zero-order valence-corrected chi connectivity index (χ0v) is 11.1. The predicted octanol–water partition coefficient (Wildman–Crippen LogP) is 0.328. The lowest BCUT2D eigenvalue weighted by Crippen LogP contribution is -2.40. The van der Waals surface area contributed by atoms with E-state index in [2.05, 4.69) is 4.98 Å². The van der Waals surface area contributed by atoms with Crippen LogP contribution < -0.4 is 4.74 Å². The number of carbonyl (C=O) groups is 1. The second kappa shape index (κ2) is 5.14. The maximum absolute atomic E-state index is 12.3. The van der Waals surface area contributed by atoms with Crippen LogP contribution in [0.1, 0.15) is 12.8 Å². The van der Waals surface area contributed by atoms with Gasteiger partial charge < -0.3 is 9.84 Å². The van der Waals surface area contributed by atoms with E-state index in [9.17, 15) is 13.2 Å². The first kappa shape index (κ1) is 13.8. The monoisotopic (exact) mass is 286 g/mol. The van der Waals surface area contributed by atoms with Crippen molar-refractivity contribution < 1.29 is 23.1 Å². The molecule has 19 heavy (non-hydrogen) atoms. The Labute approximate surface area is 110 Å². The normalized spacial score (nSPS) is 20.4. The molecule has 7 nitrogen and oxygen atoms in total. The number of aromatic nitrogens is 1. The van der Waals surface area contributed by atoms with Gasteiger partial charge in [-0.15, -0.1) is 0 Å². The summed E-state index contributed by atoms with van der Waals surface area (Å²) in [6.07, 6.45) is 2.04. The molecule has 1 aromatic heterocycles.